The second-order valence-electron chi connectivity index (χ2n) is 5.56. The molecule has 1 fully saturated rings. The van der Waals surface area contributed by atoms with E-state index in [-0.39, 0.29) is 18.0 Å². The Bertz CT molecular complexity index is 562. The molecule has 0 radical (unpaired) electrons. The molecule has 2 nitrogen and oxygen atoms in total. The third kappa shape index (κ3) is 2.41. The fourth-order valence-electron chi connectivity index (χ4n) is 3.15. The van der Waals surface area contributed by atoms with E-state index >= 15 is 0 Å². The lowest BCUT2D eigenvalue weighted by molar-refractivity contribution is -0.0107. The Kier molecular flexibility index (Phi) is 3.35. The summed E-state index contributed by atoms with van der Waals surface area (Å²) >= 11 is 3.44. The van der Waals surface area contributed by atoms with Gasteiger partial charge in [-0.2, -0.15) is 0 Å². The summed E-state index contributed by atoms with van der Waals surface area (Å²) in [7, 11) is 0. The minimum absolute atomic E-state index is 0.215. The SMILES string of the molecule is CC1CC(=C2Cc3ccc(Br)cc3C2=O)CC(C)O1. The fourth-order valence-corrected chi connectivity index (χ4v) is 3.51. The number of hydrogen-bond acceptors (Lipinski definition) is 2. The standard InChI is InChI=1S/C16H17BrO2/c1-9-5-12(6-10(2)19-9)14-7-11-3-4-13(17)8-15(11)16(14)18/h3-4,8-10H,5-7H2,1-2H3. The predicted molar refractivity (Wildman–Crippen MR) is 78.4 cm³/mol. The minimum Gasteiger partial charge on any atom is -0.375 e. The van der Waals surface area contributed by atoms with Gasteiger partial charge in [0.05, 0.1) is 12.2 Å². The van der Waals surface area contributed by atoms with Crippen LogP contribution in [0.25, 0.3) is 0 Å². The molecular formula is C16H17BrO2. The van der Waals surface area contributed by atoms with Crippen LogP contribution in [0.2, 0.25) is 0 Å². The van der Waals surface area contributed by atoms with Crippen molar-refractivity contribution in [2.24, 2.45) is 0 Å². The number of fused-ring (bicyclic) bond motifs is 1. The monoisotopic (exact) mass is 320 g/mol. The lowest BCUT2D eigenvalue weighted by Gasteiger charge is -2.28. The van der Waals surface area contributed by atoms with Crippen LogP contribution >= 0.6 is 15.9 Å². The number of halogens is 1. The summed E-state index contributed by atoms with van der Waals surface area (Å²) in [5.74, 6) is 0.215. The number of carbonyl (C=O) groups excluding carboxylic acids is 1. The largest absolute Gasteiger partial charge is 0.375 e. The van der Waals surface area contributed by atoms with E-state index in [4.69, 9.17) is 4.74 Å². The number of ketones is 1. The average Bonchev–Trinajstić information content (AvgIpc) is 2.66. The average molecular weight is 321 g/mol. The molecule has 3 rings (SSSR count). The lowest BCUT2D eigenvalue weighted by Crippen LogP contribution is -2.25. The van der Waals surface area contributed by atoms with Gasteiger partial charge in [-0.1, -0.05) is 27.6 Å². The van der Waals surface area contributed by atoms with Gasteiger partial charge < -0.3 is 4.74 Å². The molecule has 0 aromatic heterocycles. The van der Waals surface area contributed by atoms with Gasteiger partial charge in [-0.05, 0) is 44.4 Å². The number of carbonyl (C=O) groups is 1. The van der Waals surface area contributed by atoms with Crippen LogP contribution in [-0.4, -0.2) is 18.0 Å². The molecular weight excluding hydrogens is 304 g/mol. The molecule has 1 aromatic carbocycles. The molecule has 1 aliphatic heterocycles. The highest BCUT2D eigenvalue weighted by atomic mass is 79.9. The van der Waals surface area contributed by atoms with Crippen LogP contribution in [-0.2, 0) is 11.2 Å². The van der Waals surface area contributed by atoms with Crippen LogP contribution in [0.3, 0.4) is 0 Å². The normalized spacial score (nSPS) is 26.8. The van der Waals surface area contributed by atoms with E-state index in [0.717, 1.165) is 40.4 Å². The number of Topliss-reactive ketones (excluding diaryl/α,β-unsaturated/α-hetero) is 1. The number of hydrogen-bond donors (Lipinski definition) is 0. The van der Waals surface area contributed by atoms with Crippen molar-refractivity contribution in [1.29, 1.82) is 0 Å². The second-order valence-corrected chi connectivity index (χ2v) is 6.47. The van der Waals surface area contributed by atoms with Crippen LogP contribution in [0.5, 0.6) is 0 Å². The molecule has 0 N–H and O–H groups in total. The quantitative estimate of drug-likeness (QED) is 0.673. The molecule has 1 saturated heterocycles. The van der Waals surface area contributed by atoms with E-state index in [9.17, 15) is 4.79 Å². The van der Waals surface area contributed by atoms with Gasteiger partial charge in [0, 0.05) is 22.0 Å². The zero-order chi connectivity index (χ0) is 13.6. The Balaban J connectivity index is 1.99. The zero-order valence-electron chi connectivity index (χ0n) is 11.2. The number of ether oxygens (including phenoxy) is 1. The van der Waals surface area contributed by atoms with Gasteiger partial charge in [0.25, 0.3) is 0 Å². The van der Waals surface area contributed by atoms with Crippen molar-refractivity contribution in [2.45, 2.75) is 45.3 Å². The van der Waals surface area contributed by atoms with Crippen molar-refractivity contribution in [3.63, 3.8) is 0 Å². The van der Waals surface area contributed by atoms with Crippen molar-refractivity contribution in [1.82, 2.24) is 0 Å². The highest BCUT2D eigenvalue weighted by Gasteiger charge is 2.30. The first kappa shape index (κ1) is 13.1. The van der Waals surface area contributed by atoms with Crippen molar-refractivity contribution >= 4 is 21.7 Å². The summed E-state index contributed by atoms with van der Waals surface area (Å²) in [6.45, 7) is 4.17. The van der Waals surface area contributed by atoms with E-state index in [0.29, 0.717) is 0 Å². The first-order chi connectivity index (χ1) is 9.04. The van der Waals surface area contributed by atoms with E-state index < -0.39 is 0 Å². The highest BCUT2D eigenvalue weighted by molar-refractivity contribution is 9.10. The molecule has 0 bridgehead atoms. The molecule has 0 saturated carbocycles. The Morgan fingerprint density at radius 2 is 1.89 bits per heavy atom. The number of rotatable bonds is 0. The summed E-state index contributed by atoms with van der Waals surface area (Å²) in [6.07, 6.45) is 3.00. The van der Waals surface area contributed by atoms with Gasteiger partial charge in [0.1, 0.15) is 0 Å². The van der Waals surface area contributed by atoms with Gasteiger partial charge in [-0.15, -0.1) is 0 Å². The first-order valence-electron chi connectivity index (χ1n) is 6.74. The summed E-state index contributed by atoms with van der Waals surface area (Å²) in [5, 5.41) is 0. The molecule has 0 amide bonds. The minimum atomic E-state index is 0.215. The van der Waals surface area contributed by atoms with Crippen molar-refractivity contribution in [3.05, 3.63) is 44.9 Å². The maximum absolute atomic E-state index is 12.5. The summed E-state index contributed by atoms with van der Waals surface area (Å²) in [4.78, 5) is 12.5. The fraction of sp³-hybridized carbons (Fsp3) is 0.438. The summed E-state index contributed by atoms with van der Waals surface area (Å²) < 4.78 is 6.73. The van der Waals surface area contributed by atoms with Gasteiger partial charge in [-0.25, -0.2) is 0 Å². The van der Waals surface area contributed by atoms with Crippen LogP contribution in [0, 0.1) is 0 Å². The third-order valence-corrected chi connectivity index (χ3v) is 4.41. The molecule has 2 aliphatic rings. The van der Waals surface area contributed by atoms with E-state index in [1.807, 2.05) is 12.1 Å². The molecule has 100 valence electrons. The molecule has 0 spiro atoms. The maximum Gasteiger partial charge on any atom is 0.189 e. The van der Waals surface area contributed by atoms with Gasteiger partial charge >= 0.3 is 0 Å². The molecule has 1 aliphatic carbocycles. The highest BCUT2D eigenvalue weighted by Crippen LogP contribution is 2.35. The molecule has 2 atom stereocenters. The number of allylic oxidation sites excluding steroid dienone is 1. The lowest BCUT2D eigenvalue weighted by atomic mass is 9.92. The maximum atomic E-state index is 12.5. The van der Waals surface area contributed by atoms with Gasteiger partial charge in [0.15, 0.2) is 5.78 Å². The summed E-state index contributed by atoms with van der Waals surface area (Å²) in [6, 6.07) is 6.00. The predicted octanol–water partition coefficient (Wildman–Crippen LogP) is 4.07. The molecule has 1 aromatic rings. The van der Waals surface area contributed by atoms with Crippen LogP contribution in [0.4, 0.5) is 0 Å². The number of benzene rings is 1. The topological polar surface area (TPSA) is 26.3 Å². The molecule has 3 heteroatoms. The van der Waals surface area contributed by atoms with E-state index in [1.54, 1.807) is 0 Å². The summed E-state index contributed by atoms with van der Waals surface area (Å²) in [5.41, 5.74) is 4.32. The van der Waals surface area contributed by atoms with Crippen molar-refractivity contribution in [2.75, 3.05) is 0 Å². The Labute approximate surface area is 122 Å². The molecule has 2 unspecified atom stereocenters. The smallest absolute Gasteiger partial charge is 0.189 e. The Morgan fingerprint density at radius 1 is 1.21 bits per heavy atom. The first-order valence-corrected chi connectivity index (χ1v) is 7.53. The van der Waals surface area contributed by atoms with E-state index in [1.165, 1.54) is 5.57 Å². The molecule has 1 heterocycles. The van der Waals surface area contributed by atoms with Crippen molar-refractivity contribution in [3.8, 4) is 0 Å². The van der Waals surface area contributed by atoms with Crippen LogP contribution in [0.15, 0.2) is 33.8 Å². The Morgan fingerprint density at radius 3 is 2.58 bits per heavy atom. The second kappa shape index (κ2) is 4.88. The van der Waals surface area contributed by atoms with E-state index in [2.05, 4.69) is 35.8 Å². The van der Waals surface area contributed by atoms with Crippen LogP contribution < -0.4 is 0 Å². The van der Waals surface area contributed by atoms with Gasteiger partial charge in [0.2, 0.25) is 0 Å². The molecule has 19 heavy (non-hydrogen) atoms. The van der Waals surface area contributed by atoms with Gasteiger partial charge in [-0.3, -0.25) is 4.79 Å². The van der Waals surface area contributed by atoms with Crippen molar-refractivity contribution < 1.29 is 9.53 Å². The third-order valence-electron chi connectivity index (χ3n) is 3.92. The zero-order valence-corrected chi connectivity index (χ0v) is 12.8. The Hall–Kier alpha value is -0.930. The van der Waals surface area contributed by atoms with Crippen LogP contribution in [0.1, 0.15) is 42.6 Å².